The van der Waals surface area contributed by atoms with Gasteiger partial charge in [-0.25, -0.2) is 4.79 Å². The van der Waals surface area contributed by atoms with Crippen LogP contribution >= 0.6 is 0 Å². The van der Waals surface area contributed by atoms with Gasteiger partial charge in [0.1, 0.15) is 17.9 Å². The molecule has 6 heteroatoms. The van der Waals surface area contributed by atoms with E-state index in [0.29, 0.717) is 0 Å². The predicted molar refractivity (Wildman–Crippen MR) is 128 cm³/mol. The SMILES string of the molecule is CC(=O)Oc1ccccc1C(=O)OCC1N(c2ccccc2)N=C(c2ccccc2)C1(C)C. The van der Waals surface area contributed by atoms with Crippen molar-refractivity contribution in [1.82, 2.24) is 0 Å². The topological polar surface area (TPSA) is 68.2 Å². The van der Waals surface area contributed by atoms with Crippen LogP contribution in [0.15, 0.2) is 90.0 Å². The Morgan fingerprint density at radius 3 is 2.18 bits per heavy atom. The van der Waals surface area contributed by atoms with E-state index in [-0.39, 0.29) is 24.0 Å². The molecule has 3 aromatic carbocycles. The van der Waals surface area contributed by atoms with Crippen LogP contribution in [0.1, 0.15) is 36.7 Å². The lowest BCUT2D eigenvalue weighted by molar-refractivity contribution is -0.131. The Labute approximate surface area is 193 Å². The third-order valence-electron chi connectivity index (χ3n) is 5.75. The number of rotatable bonds is 6. The average molecular weight is 443 g/mol. The summed E-state index contributed by atoms with van der Waals surface area (Å²) in [6.45, 7) is 5.61. The number of ether oxygens (including phenoxy) is 2. The Morgan fingerprint density at radius 2 is 1.52 bits per heavy atom. The fourth-order valence-corrected chi connectivity index (χ4v) is 4.00. The van der Waals surface area contributed by atoms with Gasteiger partial charge >= 0.3 is 11.9 Å². The number of nitrogens with zero attached hydrogens (tertiary/aromatic N) is 2. The van der Waals surface area contributed by atoms with Gasteiger partial charge in [0.2, 0.25) is 0 Å². The standard InChI is InChI=1S/C27H26N2O4/c1-19(30)33-23-17-11-10-16-22(23)26(31)32-18-24-27(2,3)25(20-12-6-4-7-13-20)28-29(24)21-14-8-5-9-15-21/h4-17,24H,18H2,1-3H3. The number of carbonyl (C=O) groups is 2. The summed E-state index contributed by atoms with van der Waals surface area (Å²) in [7, 11) is 0. The average Bonchev–Trinajstić information content (AvgIpc) is 3.08. The number of hydrogen-bond donors (Lipinski definition) is 0. The molecular formula is C27H26N2O4. The molecule has 0 saturated carbocycles. The molecule has 6 nitrogen and oxygen atoms in total. The number of hydrogen-bond acceptors (Lipinski definition) is 6. The Kier molecular flexibility index (Phi) is 6.27. The van der Waals surface area contributed by atoms with Gasteiger partial charge in [0, 0.05) is 12.3 Å². The highest BCUT2D eigenvalue weighted by Crippen LogP contribution is 2.39. The lowest BCUT2D eigenvalue weighted by Gasteiger charge is -2.32. The van der Waals surface area contributed by atoms with Gasteiger partial charge in [-0.05, 0) is 29.8 Å². The Hall–Kier alpha value is -3.93. The molecule has 0 N–H and O–H groups in total. The maximum absolute atomic E-state index is 12.9. The van der Waals surface area contributed by atoms with Crippen molar-refractivity contribution in [1.29, 1.82) is 0 Å². The van der Waals surface area contributed by atoms with Gasteiger partial charge in [-0.3, -0.25) is 9.80 Å². The Balaban J connectivity index is 1.62. The summed E-state index contributed by atoms with van der Waals surface area (Å²) < 4.78 is 10.9. The molecule has 1 heterocycles. The van der Waals surface area contributed by atoms with Crippen molar-refractivity contribution in [2.24, 2.45) is 10.5 Å². The van der Waals surface area contributed by atoms with E-state index in [1.165, 1.54) is 6.92 Å². The van der Waals surface area contributed by atoms with Crippen LogP contribution in [0.3, 0.4) is 0 Å². The zero-order valence-corrected chi connectivity index (χ0v) is 18.9. The number of esters is 2. The zero-order chi connectivity index (χ0) is 23.4. The number of carbonyl (C=O) groups excluding carboxylic acids is 2. The fourth-order valence-electron chi connectivity index (χ4n) is 4.00. The highest BCUT2D eigenvalue weighted by Gasteiger charge is 2.46. The van der Waals surface area contributed by atoms with Crippen LogP contribution < -0.4 is 9.75 Å². The quantitative estimate of drug-likeness (QED) is 0.393. The van der Waals surface area contributed by atoms with Crippen LogP contribution in [0.5, 0.6) is 5.75 Å². The summed E-state index contributed by atoms with van der Waals surface area (Å²) in [5.41, 5.74) is 2.66. The van der Waals surface area contributed by atoms with E-state index in [2.05, 4.69) is 13.8 Å². The molecule has 0 radical (unpaired) electrons. The first-order chi connectivity index (χ1) is 15.9. The van der Waals surface area contributed by atoms with Crippen molar-refractivity contribution in [2.75, 3.05) is 11.6 Å². The number of anilines is 1. The van der Waals surface area contributed by atoms with Gasteiger partial charge < -0.3 is 9.47 Å². The predicted octanol–water partition coefficient (Wildman–Crippen LogP) is 5.09. The summed E-state index contributed by atoms with van der Waals surface area (Å²) in [6, 6.07) is 26.2. The molecule has 0 spiro atoms. The molecule has 168 valence electrons. The molecule has 4 rings (SSSR count). The molecule has 1 aliphatic rings. The fraction of sp³-hybridized carbons (Fsp3) is 0.222. The minimum Gasteiger partial charge on any atom is -0.460 e. The minimum absolute atomic E-state index is 0.106. The van der Waals surface area contributed by atoms with Crippen molar-refractivity contribution >= 4 is 23.3 Å². The van der Waals surface area contributed by atoms with Crippen LogP contribution in [-0.2, 0) is 9.53 Å². The highest BCUT2D eigenvalue weighted by atomic mass is 16.5. The minimum atomic E-state index is -0.552. The summed E-state index contributed by atoms with van der Waals surface area (Å²) in [5, 5.41) is 6.88. The third-order valence-corrected chi connectivity index (χ3v) is 5.75. The smallest absolute Gasteiger partial charge is 0.342 e. The first-order valence-electron chi connectivity index (χ1n) is 10.8. The van der Waals surface area contributed by atoms with Crippen LogP contribution in [0.25, 0.3) is 0 Å². The lowest BCUT2D eigenvalue weighted by atomic mass is 9.78. The molecule has 33 heavy (non-hydrogen) atoms. The van der Waals surface area contributed by atoms with E-state index in [1.54, 1.807) is 24.3 Å². The molecule has 1 aliphatic heterocycles. The summed E-state index contributed by atoms with van der Waals surface area (Å²) in [4.78, 5) is 24.4. The molecule has 0 amide bonds. The molecule has 0 fully saturated rings. The molecular weight excluding hydrogens is 416 g/mol. The second kappa shape index (κ2) is 9.28. The second-order valence-corrected chi connectivity index (χ2v) is 8.42. The van der Waals surface area contributed by atoms with Gasteiger partial charge in [-0.2, -0.15) is 5.10 Å². The van der Waals surface area contributed by atoms with E-state index < -0.39 is 17.4 Å². The molecule has 3 aromatic rings. The lowest BCUT2D eigenvalue weighted by Crippen LogP contribution is -2.44. The molecule has 1 atom stereocenters. The van der Waals surface area contributed by atoms with Gasteiger partial charge in [0.05, 0.1) is 17.4 Å². The first-order valence-corrected chi connectivity index (χ1v) is 10.8. The molecule has 0 aliphatic carbocycles. The van der Waals surface area contributed by atoms with Gasteiger partial charge in [-0.15, -0.1) is 0 Å². The highest BCUT2D eigenvalue weighted by molar-refractivity contribution is 6.07. The molecule has 0 saturated heterocycles. The van der Waals surface area contributed by atoms with Gasteiger partial charge in [0.25, 0.3) is 0 Å². The number of para-hydroxylation sites is 2. The summed E-state index contributed by atoms with van der Waals surface area (Å²) in [5.74, 6) is -0.867. The zero-order valence-electron chi connectivity index (χ0n) is 18.9. The van der Waals surface area contributed by atoms with Crippen LogP contribution in [0.4, 0.5) is 5.69 Å². The van der Waals surface area contributed by atoms with E-state index in [1.807, 2.05) is 65.7 Å². The maximum Gasteiger partial charge on any atom is 0.342 e. The van der Waals surface area contributed by atoms with Crippen molar-refractivity contribution in [2.45, 2.75) is 26.8 Å². The molecule has 0 bridgehead atoms. The maximum atomic E-state index is 12.9. The molecule has 1 unspecified atom stereocenters. The summed E-state index contributed by atoms with van der Waals surface area (Å²) >= 11 is 0. The summed E-state index contributed by atoms with van der Waals surface area (Å²) in [6.07, 6.45) is 0. The van der Waals surface area contributed by atoms with Crippen molar-refractivity contribution < 1.29 is 19.1 Å². The van der Waals surface area contributed by atoms with Gasteiger partial charge in [0.15, 0.2) is 0 Å². The van der Waals surface area contributed by atoms with Crippen LogP contribution in [0.2, 0.25) is 0 Å². The van der Waals surface area contributed by atoms with Crippen LogP contribution in [0, 0.1) is 5.41 Å². The monoisotopic (exact) mass is 442 g/mol. The van der Waals surface area contributed by atoms with Crippen molar-refractivity contribution in [3.63, 3.8) is 0 Å². The van der Waals surface area contributed by atoms with Gasteiger partial charge in [-0.1, -0.05) is 74.5 Å². The number of hydrazone groups is 1. The van der Waals surface area contributed by atoms with E-state index >= 15 is 0 Å². The molecule has 0 aromatic heterocycles. The second-order valence-electron chi connectivity index (χ2n) is 8.42. The van der Waals surface area contributed by atoms with Crippen molar-refractivity contribution in [3.8, 4) is 5.75 Å². The van der Waals surface area contributed by atoms with Crippen molar-refractivity contribution in [3.05, 3.63) is 96.1 Å². The van der Waals surface area contributed by atoms with Crippen LogP contribution in [-0.4, -0.2) is 30.3 Å². The Morgan fingerprint density at radius 1 is 0.909 bits per heavy atom. The largest absolute Gasteiger partial charge is 0.460 e. The third kappa shape index (κ3) is 4.65. The Bertz CT molecular complexity index is 1170. The van der Waals surface area contributed by atoms with E-state index in [0.717, 1.165) is 17.0 Å². The first kappa shape index (κ1) is 22.3. The van der Waals surface area contributed by atoms with E-state index in [9.17, 15) is 9.59 Å². The van der Waals surface area contributed by atoms with E-state index in [4.69, 9.17) is 14.6 Å². The normalized spacial score (nSPS) is 16.8. The number of benzene rings is 3.